The van der Waals surface area contributed by atoms with Gasteiger partial charge in [-0.05, 0) is 18.9 Å². The average Bonchev–Trinajstić information content (AvgIpc) is 2.85. The van der Waals surface area contributed by atoms with Gasteiger partial charge >= 0.3 is 6.03 Å². The van der Waals surface area contributed by atoms with Crippen LogP contribution in [0.1, 0.15) is 6.42 Å². The number of imide groups is 1. The lowest BCUT2D eigenvalue weighted by Crippen LogP contribution is -2.38. The van der Waals surface area contributed by atoms with Gasteiger partial charge in [0, 0.05) is 26.2 Å². The van der Waals surface area contributed by atoms with Crippen molar-refractivity contribution in [1.29, 1.82) is 0 Å². The molecule has 1 unspecified atom stereocenters. The van der Waals surface area contributed by atoms with E-state index in [0.29, 0.717) is 19.0 Å². The molecule has 1 atom stereocenters. The lowest BCUT2D eigenvalue weighted by molar-refractivity contribution is -0.125. The van der Waals surface area contributed by atoms with E-state index in [2.05, 4.69) is 10.2 Å². The van der Waals surface area contributed by atoms with Gasteiger partial charge in [0.2, 0.25) is 5.91 Å². The molecule has 2 rings (SSSR count). The van der Waals surface area contributed by atoms with Crippen LogP contribution in [0.3, 0.4) is 0 Å². The molecule has 16 heavy (non-hydrogen) atoms. The summed E-state index contributed by atoms with van der Waals surface area (Å²) in [4.78, 5) is 26.0. The van der Waals surface area contributed by atoms with Crippen molar-refractivity contribution in [3.63, 3.8) is 0 Å². The van der Waals surface area contributed by atoms with E-state index in [4.69, 9.17) is 5.11 Å². The maximum Gasteiger partial charge on any atom is 0.324 e. The van der Waals surface area contributed by atoms with Crippen LogP contribution in [0.5, 0.6) is 0 Å². The normalized spacial score (nSPS) is 26.6. The van der Waals surface area contributed by atoms with Gasteiger partial charge in [0.15, 0.2) is 0 Å². The second-order valence-electron chi connectivity index (χ2n) is 4.34. The summed E-state index contributed by atoms with van der Waals surface area (Å²) in [5.74, 6) is 0.200. The maximum absolute atomic E-state index is 11.3. The summed E-state index contributed by atoms with van der Waals surface area (Å²) in [7, 11) is 0. The molecule has 2 heterocycles. The first-order valence-corrected chi connectivity index (χ1v) is 5.62. The summed E-state index contributed by atoms with van der Waals surface area (Å²) in [5.41, 5.74) is 0. The van der Waals surface area contributed by atoms with E-state index in [1.807, 2.05) is 0 Å². The zero-order valence-electron chi connectivity index (χ0n) is 9.19. The molecular formula is C10H17N3O3. The van der Waals surface area contributed by atoms with Gasteiger partial charge in [-0.3, -0.25) is 9.69 Å². The van der Waals surface area contributed by atoms with Gasteiger partial charge in [0.05, 0.1) is 6.54 Å². The monoisotopic (exact) mass is 227 g/mol. The van der Waals surface area contributed by atoms with Gasteiger partial charge < -0.3 is 15.3 Å². The van der Waals surface area contributed by atoms with Crippen LogP contribution in [-0.4, -0.2) is 66.2 Å². The topological polar surface area (TPSA) is 72.9 Å². The van der Waals surface area contributed by atoms with E-state index in [0.717, 1.165) is 19.5 Å². The summed E-state index contributed by atoms with van der Waals surface area (Å²) >= 11 is 0. The first-order chi connectivity index (χ1) is 7.70. The number of rotatable bonds is 4. The molecule has 2 saturated heterocycles. The van der Waals surface area contributed by atoms with Crippen molar-refractivity contribution in [3.8, 4) is 0 Å². The number of nitrogens with one attached hydrogen (secondary N) is 1. The summed E-state index contributed by atoms with van der Waals surface area (Å²) < 4.78 is 0. The van der Waals surface area contributed by atoms with Crippen molar-refractivity contribution in [3.05, 3.63) is 0 Å². The number of hydrogen-bond donors (Lipinski definition) is 2. The molecule has 0 aromatic carbocycles. The van der Waals surface area contributed by atoms with Gasteiger partial charge in [0.1, 0.15) is 0 Å². The largest absolute Gasteiger partial charge is 0.396 e. The first kappa shape index (κ1) is 11.3. The maximum atomic E-state index is 11.3. The van der Waals surface area contributed by atoms with Crippen molar-refractivity contribution in [2.45, 2.75) is 6.42 Å². The van der Waals surface area contributed by atoms with Crippen molar-refractivity contribution < 1.29 is 14.7 Å². The zero-order valence-corrected chi connectivity index (χ0v) is 9.19. The second kappa shape index (κ2) is 4.80. The molecule has 0 bridgehead atoms. The van der Waals surface area contributed by atoms with Crippen molar-refractivity contribution in [2.24, 2.45) is 5.92 Å². The Bertz CT molecular complexity index is 279. The third-order valence-electron chi connectivity index (χ3n) is 3.21. The van der Waals surface area contributed by atoms with Crippen molar-refractivity contribution in [1.82, 2.24) is 15.1 Å². The Kier molecular flexibility index (Phi) is 3.40. The highest BCUT2D eigenvalue weighted by Gasteiger charge is 2.29. The quantitative estimate of drug-likeness (QED) is 0.595. The number of carbonyl (C=O) groups is 2. The Labute approximate surface area is 94.2 Å². The summed E-state index contributed by atoms with van der Waals surface area (Å²) in [6.45, 7) is 3.30. The molecule has 6 heteroatoms. The highest BCUT2D eigenvalue weighted by atomic mass is 16.3. The lowest BCUT2D eigenvalue weighted by Gasteiger charge is -2.19. The Hall–Kier alpha value is -1.14. The van der Waals surface area contributed by atoms with E-state index in [1.54, 1.807) is 0 Å². The van der Waals surface area contributed by atoms with Crippen LogP contribution in [0.15, 0.2) is 0 Å². The summed E-state index contributed by atoms with van der Waals surface area (Å²) in [6.07, 6.45) is 0.997. The lowest BCUT2D eigenvalue weighted by atomic mass is 10.1. The van der Waals surface area contributed by atoms with Crippen LogP contribution in [0.4, 0.5) is 4.79 Å². The highest BCUT2D eigenvalue weighted by molar-refractivity contribution is 6.01. The zero-order chi connectivity index (χ0) is 11.5. The van der Waals surface area contributed by atoms with Crippen LogP contribution < -0.4 is 5.32 Å². The van der Waals surface area contributed by atoms with Gasteiger partial charge in [-0.15, -0.1) is 0 Å². The van der Waals surface area contributed by atoms with Crippen LogP contribution in [-0.2, 0) is 4.79 Å². The molecule has 6 nitrogen and oxygen atoms in total. The molecule has 0 saturated carbocycles. The van der Waals surface area contributed by atoms with Gasteiger partial charge in [-0.1, -0.05) is 0 Å². The third-order valence-corrected chi connectivity index (χ3v) is 3.21. The Balaban J connectivity index is 1.75. The molecule has 0 aromatic rings. The van der Waals surface area contributed by atoms with Crippen LogP contribution in [0.2, 0.25) is 0 Å². The molecule has 0 radical (unpaired) electrons. The number of likely N-dealkylation sites (tertiary alicyclic amines) is 1. The minimum atomic E-state index is -0.289. The van der Waals surface area contributed by atoms with E-state index in [1.165, 1.54) is 4.90 Å². The number of aliphatic hydroxyl groups is 1. The van der Waals surface area contributed by atoms with Crippen LogP contribution >= 0.6 is 0 Å². The fourth-order valence-electron chi connectivity index (χ4n) is 2.19. The molecule has 0 aromatic heterocycles. The van der Waals surface area contributed by atoms with Crippen molar-refractivity contribution in [2.75, 3.05) is 39.3 Å². The molecule has 0 spiro atoms. The van der Waals surface area contributed by atoms with Crippen LogP contribution in [0, 0.1) is 5.92 Å². The molecular weight excluding hydrogens is 210 g/mol. The van der Waals surface area contributed by atoms with E-state index >= 15 is 0 Å². The van der Waals surface area contributed by atoms with E-state index < -0.39 is 0 Å². The molecule has 2 fully saturated rings. The third kappa shape index (κ3) is 2.33. The number of aliphatic hydroxyl groups excluding tert-OH is 1. The standard InChI is InChI=1S/C10H17N3O3/c14-7-8-1-2-12(6-8)3-4-13-9(15)5-11-10(13)16/h8,14H,1-7H2,(H,11,16). The number of amides is 3. The molecule has 0 aliphatic carbocycles. The van der Waals surface area contributed by atoms with E-state index in [9.17, 15) is 9.59 Å². The summed E-state index contributed by atoms with van der Waals surface area (Å²) in [6, 6.07) is -0.289. The molecule has 2 aliphatic rings. The predicted molar refractivity (Wildman–Crippen MR) is 56.7 cm³/mol. The summed E-state index contributed by atoms with van der Waals surface area (Å²) in [5, 5.41) is 11.5. The number of urea groups is 1. The van der Waals surface area contributed by atoms with Crippen molar-refractivity contribution >= 4 is 11.9 Å². The molecule has 3 amide bonds. The predicted octanol–water partition coefficient (Wildman–Crippen LogP) is -1.15. The second-order valence-corrected chi connectivity index (χ2v) is 4.34. The highest BCUT2D eigenvalue weighted by Crippen LogP contribution is 2.15. The molecule has 90 valence electrons. The van der Waals surface area contributed by atoms with Gasteiger partial charge in [-0.2, -0.15) is 0 Å². The smallest absolute Gasteiger partial charge is 0.324 e. The Morgan fingerprint density at radius 2 is 2.19 bits per heavy atom. The number of nitrogens with zero attached hydrogens (tertiary/aromatic N) is 2. The Morgan fingerprint density at radius 3 is 2.75 bits per heavy atom. The fourth-order valence-corrected chi connectivity index (χ4v) is 2.19. The SMILES string of the molecule is O=C1CNC(=O)N1CCN1CCC(CO)C1. The van der Waals surface area contributed by atoms with Gasteiger partial charge in [-0.25, -0.2) is 4.79 Å². The minimum Gasteiger partial charge on any atom is -0.396 e. The molecule has 2 N–H and O–H groups in total. The number of carbonyl (C=O) groups excluding carboxylic acids is 2. The molecule has 2 aliphatic heterocycles. The Morgan fingerprint density at radius 1 is 1.38 bits per heavy atom. The first-order valence-electron chi connectivity index (χ1n) is 5.62. The fraction of sp³-hybridized carbons (Fsp3) is 0.800. The minimum absolute atomic E-state index is 0.123. The van der Waals surface area contributed by atoms with Crippen LogP contribution in [0.25, 0.3) is 0 Å². The average molecular weight is 227 g/mol. The van der Waals surface area contributed by atoms with E-state index in [-0.39, 0.29) is 25.1 Å². The van der Waals surface area contributed by atoms with Gasteiger partial charge in [0.25, 0.3) is 0 Å². The number of hydrogen-bond acceptors (Lipinski definition) is 4.